The molecule has 2 heterocycles. The van der Waals surface area contributed by atoms with Gasteiger partial charge in [-0.3, -0.25) is 14.4 Å². The van der Waals surface area contributed by atoms with Crippen molar-refractivity contribution in [3.63, 3.8) is 0 Å². The Labute approximate surface area is 135 Å². The topological polar surface area (TPSA) is 77.9 Å². The van der Waals surface area contributed by atoms with Crippen LogP contribution in [-0.2, 0) is 14.4 Å². The SMILES string of the molecule is CC(=O)N(CC(=O)O)C1CCCN(C(=O)C2CCCS2)CC1. The van der Waals surface area contributed by atoms with Crippen molar-refractivity contribution in [2.75, 3.05) is 25.4 Å². The highest BCUT2D eigenvalue weighted by atomic mass is 32.2. The average molecular weight is 328 g/mol. The van der Waals surface area contributed by atoms with Crippen molar-refractivity contribution in [2.24, 2.45) is 0 Å². The molecule has 0 aromatic heterocycles. The first-order chi connectivity index (χ1) is 10.5. The predicted molar refractivity (Wildman–Crippen MR) is 84.7 cm³/mol. The van der Waals surface area contributed by atoms with Crippen molar-refractivity contribution in [3.05, 3.63) is 0 Å². The molecule has 2 rings (SSSR count). The van der Waals surface area contributed by atoms with E-state index >= 15 is 0 Å². The van der Waals surface area contributed by atoms with E-state index in [0.29, 0.717) is 19.5 Å². The smallest absolute Gasteiger partial charge is 0.323 e. The van der Waals surface area contributed by atoms with Gasteiger partial charge in [0.25, 0.3) is 0 Å². The van der Waals surface area contributed by atoms with Crippen molar-refractivity contribution in [1.82, 2.24) is 9.80 Å². The zero-order chi connectivity index (χ0) is 16.1. The van der Waals surface area contributed by atoms with E-state index in [1.807, 2.05) is 4.90 Å². The molecule has 0 radical (unpaired) electrons. The van der Waals surface area contributed by atoms with Crippen molar-refractivity contribution >= 4 is 29.5 Å². The maximum absolute atomic E-state index is 12.5. The first kappa shape index (κ1) is 17.1. The van der Waals surface area contributed by atoms with Crippen LogP contribution in [0.3, 0.4) is 0 Å². The van der Waals surface area contributed by atoms with Gasteiger partial charge in [0.2, 0.25) is 11.8 Å². The van der Waals surface area contributed by atoms with Gasteiger partial charge in [-0.15, -0.1) is 11.8 Å². The summed E-state index contributed by atoms with van der Waals surface area (Å²) >= 11 is 1.74. The molecule has 0 aliphatic carbocycles. The second-order valence-corrected chi connectivity index (χ2v) is 7.26. The minimum absolute atomic E-state index is 0.0809. The Morgan fingerprint density at radius 2 is 1.95 bits per heavy atom. The maximum Gasteiger partial charge on any atom is 0.323 e. The first-order valence-corrected chi connectivity index (χ1v) is 8.93. The highest BCUT2D eigenvalue weighted by molar-refractivity contribution is 8.00. The zero-order valence-electron chi connectivity index (χ0n) is 13.0. The summed E-state index contributed by atoms with van der Waals surface area (Å²) in [4.78, 5) is 38.4. The van der Waals surface area contributed by atoms with Crippen LogP contribution in [0.2, 0.25) is 0 Å². The monoisotopic (exact) mass is 328 g/mol. The Kier molecular flexibility index (Phi) is 6.11. The fourth-order valence-corrected chi connectivity index (χ4v) is 4.47. The third kappa shape index (κ3) is 4.38. The number of carboxylic acids is 1. The first-order valence-electron chi connectivity index (χ1n) is 7.88. The Hall–Kier alpha value is -1.24. The number of rotatable bonds is 4. The standard InChI is InChI=1S/C15H24N2O4S/c1-11(18)17(10-14(19)20)12-4-2-7-16(8-6-12)15(21)13-5-3-9-22-13/h12-13H,2-10H2,1H3,(H,19,20). The number of thioether (sulfide) groups is 1. The molecular formula is C15H24N2O4S. The number of hydrogen-bond acceptors (Lipinski definition) is 4. The van der Waals surface area contributed by atoms with Gasteiger partial charge in [0.05, 0.1) is 5.25 Å². The van der Waals surface area contributed by atoms with Crippen molar-refractivity contribution in [3.8, 4) is 0 Å². The van der Waals surface area contributed by atoms with Crippen LogP contribution in [0.25, 0.3) is 0 Å². The van der Waals surface area contributed by atoms with Crippen LogP contribution in [-0.4, -0.2) is 69.4 Å². The Morgan fingerprint density at radius 1 is 1.18 bits per heavy atom. The molecule has 7 heteroatoms. The molecule has 2 fully saturated rings. The average Bonchev–Trinajstić information content (AvgIpc) is 2.89. The van der Waals surface area contributed by atoms with Gasteiger partial charge in [-0.05, 0) is 37.9 Å². The summed E-state index contributed by atoms with van der Waals surface area (Å²) in [5.41, 5.74) is 0. The van der Waals surface area contributed by atoms with E-state index in [2.05, 4.69) is 0 Å². The molecule has 124 valence electrons. The molecule has 2 aliphatic rings. The number of carboxylic acid groups (broad SMARTS) is 1. The predicted octanol–water partition coefficient (Wildman–Crippen LogP) is 1.20. The number of likely N-dealkylation sites (tertiary alicyclic amines) is 1. The van der Waals surface area contributed by atoms with Crippen LogP contribution >= 0.6 is 11.8 Å². The molecule has 1 N–H and O–H groups in total. The summed E-state index contributed by atoms with van der Waals surface area (Å²) in [5, 5.41) is 9.05. The molecule has 2 unspecified atom stereocenters. The van der Waals surface area contributed by atoms with Crippen molar-refractivity contribution < 1.29 is 19.5 Å². The molecule has 0 aromatic rings. The highest BCUT2D eigenvalue weighted by Crippen LogP contribution is 2.29. The summed E-state index contributed by atoms with van der Waals surface area (Å²) in [7, 11) is 0. The van der Waals surface area contributed by atoms with Gasteiger partial charge in [0.1, 0.15) is 6.54 Å². The van der Waals surface area contributed by atoms with Crippen LogP contribution < -0.4 is 0 Å². The fourth-order valence-electron chi connectivity index (χ4n) is 3.23. The minimum Gasteiger partial charge on any atom is -0.480 e. The van der Waals surface area contributed by atoms with Gasteiger partial charge < -0.3 is 14.9 Å². The summed E-state index contributed by atoms with van der Waals surface area (Å²) in [6.07, 6.45) is 4.30. The second kappa shape index (κ2) is 7.85. The van der Waals surface area contributed by atoms with Gasteiger partial charge in [0, 0.05) is 26.1 Å². The number of hydrogen-bond donors (Lipinski definition) is 1. The molecular weight excluding hydrogens is 304 g/mol. The van der Waals surface area contributed by atoms with Crippen LogP contribution in [0, 0.1) is 0 Å². The number of amides is 2. The van der Waals surface area contributed by atoms with Crippen LogP contribution in [0.15, 0.2) is 0 Å². The van der Waals surface area contributed by atoms with Gasteiger partial charge in [0.15, 0.2) is 0 Å². The van der Waals surface area contributed by atoms with Gasteiger partial charge >= 0.3 is 5.97 Å². The minimum atomic E-state index is -0.991. The molecule has 2 saturated heterocycles. The quantitative estimate of drug-likeness (QED) is 0.839. The summed E-state index contributed by atoms with van der Waals surface area (Å²) in [5.74, 6) is 0.0767. The lowest BCUT2D eigenvalue weighted by atomic mass is 10.1. The molecule has 0 bridgehead atoms. The van der Waals surface area contributed by atoms with Crippen LogP contribution in [0.5, 0.6) is 0 Å². The molecule has 2 amide bonds. The summed E-state index contributed by atoms with van der Waals surface area (Å²) in [6, 6.07) is -0.0809. The highest BCUT2D eigenvalue weighted by Gasteiger charge is 2.31. The Morgan fingerprint density at radius 3 is 2.55 bits per heavy atom. The molecule has 0 saturated carbocycles. The number of carbonyl (C=O) groups excluding carboxylic acids is 2. The summed E-state index contributed by atoms with van der Waals surface area (Å²) in [6.45, 7) is 2.48. The fraction of sp³-hybridized carbons (Fsp3) is 0.800. The molecule has 0 spiro atoms. The maximum atomic E-state index is 12.5. The largest absolute Gasteiger partial charge is 0.480 e. The van der Waals surface area contributed by atoms with Gasteiger partial charge in [-0.1, -0.05) is 0 Å². The van der Waals surface area contributed by atoms with Crippen molar-refractivity contribution in [2.45, 2.75) is 50.3 Å². The third-order valence-corrected chi connectivity index (χ3v) is 5.73. The lowest BCUT2D eigenvalue weighted by Crippen LogP contribution is -2.43. The van der Waals surface area contributed by atoms with E-state index < -0.39 is 5.97 Å². The molecule has 2 aliphatic heterocycles. The second-order valence-electron chi connectivity index (χ2n) is 5.95. The van der Waals surface area contributed by atoms with E-state index in [9.17, 15) is 14.4 Å². The van der Waals surface area contributed by atoms with Crippen LogP contribution in [0.4, 0.5) is 0 Å². The lowest BCUT2D eigenvalue weighted by molar-refractivity contribution is -0.145. The van der Waals surface area contributed by atoms with Gasteiger partial charge in [-0.25, -0.2) is 0 Å². The Balaban J connectivity index is 1.94. The molecule has 6 nitrogen and oxygen atoms in total. The zero-order valence-corrected chi connectivity index (χ0v) is 13.8. The number of aliphatic carboxylic acids is 1. The normalized spacial score (nSPS) is 25.6. The van der Waals surface area contributed by atoms with E-state index in [1.165, 1.54) is 11.8 Å². The molecule has 2 atom stereocenters. The molecule has 22 heavy (non-hydrogen) atoms. The van der Waals surface area contributed by atoms with E-state index in [0.717, 1.165) is 31.4 Å². The number of nitrogens with zero attached hydrogens (tertiary/aromatic N) is 2. The third-order valence-electron chi connectivity index (χ3n) is 4.37. The van der Waals surface area contributed by atoms with Crippen molar-refractivity contribution in [1.29, 1.82) is 0 Å². The van der Waals surface area contributed by atoms with E-state index in [1.54, 1.807) is 11.8 Å². The van der Waals surface area contributed by atoms with Crippen LogP contribution in [0.1, 0.15) is 39.0 Å². The van der Waals surface area contributed by atoms with Gasteiger partial charge in [-0.2, -0.15) is 0 Å². The lowest BCUT2D eigenvalue weighted by Gasteiger charge is -2.29. The van der Waals surface area contributed by atoms with E-state index in [4.69, 9.17) is 5.11 Å². The molecule has 0 aromatic carbocycles. The Bertz CT molecular complexity index is 437. The van der Waals surface area contributed by atoms with E-state index in [-0.39, 0.29) is 29.7 Å². The summed E-state index contributed by atoms with van der Waals surface area (Å²) < 4.78 is 0. The number of carbonyl (C=O) groups is 3.